The van der Waals surface area contributed by atoms with Crippen LogP contribution in [0, 0.1) is 0 Å². The van der Waals surface area contributed by atoms with Gasteiger partial charge in [-0.2, -0.15) is 4.98 Å². The van der Waals surface area contributed by atoms with Crippen LogP contribution in [0.4, 0.5) is 5.95 Å². The maximum absolute atomic E-state index is 5.19. The van der Waals surface area contributed by atoms with Crippen LogP contribution in [-0.4, -0.2) is 43.3 Å². The van der Waals surface area contributed by atoms with Crippen molar-refractivity contribution in [2.75, 3.05) is 32.1 Å². The fourth-order valence-electron chi connectivity index (χ4n) is 2.03. The average Bonchev–Trinajstić information content (AvgIpc) is 2.39. The molecule has 0 aromatic carbocycles. The van der Waals surface area contributed by atoms with Gasteiger partial charge in [0.15, 0.2) is 0 Å². The van der Waals surface area contributed by atoms with E-state index in [4.69, 9.17) is 4.74 Å². The number of aromatic nitrogens is 2. The van der Waals surface area contributed by atoms with Crippen LogP contribution >= 0.6 is 15.9 Å². The summed E-state index contributed by atoms with van der Waals surface area (Å²) in [6, 6.07) is 0.516. The van der Waals surface area contributed by atoms with Gasteiger partial charge in [0.25, 0.3) is 0 Å². The first-order valence-corrected chi connectivity index (χ1v) is 6.52. The van der Waals surface area contributed by atoms with Crippen molar-refractivity contribution >= 4 is 21.9 Å². The van der Waals surface area contributed by atoms with Gasteiger partial charge in [-0.25, -0.2) is 4.98 Å². The first-order chi connectivity index (χ1) is 8.24. The van der Waals surface area contributed by atoms with E-state index >= 15 is 0 Å². The number of rotatable bonds is 3. The molecule has 1 N–H and O–H groups in total. The second kappa shape index (κ2) is 5.64. The quantitative estimate of drug-likeness (QED) is 0.915. The minimum atomic E-state index is 0.516. The summed E-state index contributed by atoms with van der Waals surface area (Å²) in [6.45, 7) is 1.95. The molecule has 0 spiro atoms. The molecule has 1 fully saturated rings. The van der Waals surface area contributed by atoms with Crippen LogP contribution in [0.25, 0.3) is 0 Å². The highest BCUT2D eigenvalue weighted by atomic mass is 79.9. The minimum absolute atomic E-state index is 0.516. The monoisotopic (exact) mass is 300 g/mol. The first kappa shape index (κ1) is 12.6. The fourth-order valence-corrected chi connectivity index (χ4v) is 2.39. The molecule has 5 nitrogen and oxygen atoms in total. The van der Waals surface area contributed by atoms with Crippen molar-refractivity contribution in [3.63, 3.8) is 0 Å². The summed E-state index contributed by atoms with van der Waals surface area (Å²) in [4.78, 5) is 10.9. The molecule has 1 aromatic rings. The molecule has 0 aliphatic carbocycles. The lowest BCUT2D eigenvalue weighted by Crippen LogP contribution is -2.45. The highest BCUT2D eigenvalue weighted by Crippen LogP contribution is 2.24. The third-order valence-corrected chi connectivity index (χ3v) is 3.55. The molecule has 6 heteroatoms. The third kappa shape index (κ3) is 2.87. The third-order valence-electron chi connectivity index (χ3n) is 3.01. The summed E-state index contributed by atoms with van der Waals surface area (Å²) in [5, 5.41) is 3.31. The van der Waals surface area contributed by atoms with Crippen molar-refractivity contribution in [2.45, 2.75) is 18.9 Å². The van der Waals surface area contributed by atoms with E-state index in [9.17, 15) is 0 Å². The standard InChI is InChI=1S/C11H17BrN4O/c1-13-8-4-3-5-16(7-8)11-14-6-9(12)10(15-11)17-2/h6,8,13H,3-5,7H2,1-2H3. The zero-order chi connectivity index (χ0) is 12.3. The van der Waals surface area contributed by atoms with E-state index in [0.717, 1.165) is 29.9 Å². The second-order valence-electron chi connectivity index (χ2n) is 4.10. The number of hydrogen-bond donors (Lipinski definition) is 1. The summed E-state index contributed by atoms with van der Waals surface area (Å²) in [5.74, 6) is 1.33. The van der Waals surface area contributed by atoms with E-state index in [0.29, 0.717) is 11.9 Å². The Morgan fingerprint density at radius 3 is 3.12 bits per heavy atom. The van der Waals surface area contributed by atoms with Crippen LogP contribution in [0.15, 0.2) is 10.7 Å². The van der Waals surface area contributed by atoms with Gasteiger partial charge >= 0.3 is 0 Å². The van der Waals surface area contributed by atoms with Gasteiger partial charge in [0.05, 0.1) is 17.8 Å². The van der Waals surface area contributed by atoms with Gasteiger partial charge in [0.1, 0.15) is 0 Å². The van der Waals surface area contributed by atoms with Crippen molar-refractivity contribution in [1.82, 2.24) is 15.3 Å². The van der Waals surface area contributed by atoms with E-state index < -0.39 is 0 Å². The zero-order valence-electron chi connectivity index (χ0n) is 10.1. The predicted molar refractivity (Wildman–Crippen MR) is 70.6 cm³/mol. The average molecular weight is 301 g/mol. The molecule has 17 heavy (non-hydrogen) atoms. The highest BCUT2D eigenvalue weighted by Gasteiger charge is 2.21. The largest absolute Gasteiger partial charge is 0.480 e. The lowest BCUT2D eigenvalue weighted by Gasteiger charge is -2.32. The maximum Gasteiger partial charge on any atom is 0.232 e. The van der Waals surface area contributed by atoms with E-state index in [-0.39, 0.29) is 0 Å². The molecule has 1 aromatic heterocycles. The van der Waals surface area contributed by atoms with Gasteiger partial charge in [0, 0.05) is 19.1 Å². The Balaban J connectivity index is 2.16. The molecule has 0 amide bonds. The zero-order valence-corrected chi connectivity index (χ0v) is 11.7. The van der Waals surface area contributed by atoms with Crippen molar-refractivity contribution < 1.29 is 4.74 Å². The van der Waals surface area contributed by atoms with E-state index in [1.807, 2.05) is 7.05 Å². The van der Waals surface area contributed by atoms with Gasteiger partial charge in [0.2, 0.25) is 11.8 Å². The first-order valence-electron chi connectivity index (χ1n) is 5.73. The van der Waals surface area contributed by atoms with Crippen molar-refractivity contribution in [1.29, 1.82) is 0 Å². The van der Waals surface area contributed by atoms with Crippen molar-refractivity contribution in [3.8, 4) is 5.88 Å². The number of ether oxygens (including phenoxy) is 1. The van der Waals surface area contributed by atoms with Gasteiger partial charge in [-0.3, -0.25) is 0 Å². The van der Waals surface area contributed by atoms with Gasteiger partial charge < -0.3 is 15.0 Å². The molecule has 1 aliphatic rings. The topological polar surface area (TPSA) is 50.3 Å². The molecule has 94 valence electrons. The Bertz CT molecular complexity index is 388. The summed E-state index contributed by atoms with van der Waals surface area (Å²) in [6.07, 6.45) is 4.11. The highest BCUT2D eigenvalue weighted by molar-refractivity contribution is 9.10. The molecule has 0 radical (unpaired) electrons. The molecular weight excluding hydrogens is 284 g/mol. The van der Waals surface area contributed by atoms with E-state index in [2.05, 4.69) is 36.1 Å². The Morgan fingerprint density at radius 2 is 2.41 bits per heavy atom. The summed E-state index contributed by atoms with van der Waals surface area (Å²) in [7, 11) is 3.61. The molecule has 1 saturated heterocycles. The Morgan fingerprint density at radius 1 is 1.59 bits per heavy atom. The Kier molecular flexibility index (Phi) is 4.17. The smallest absolute Gasteiger partial charge is 0.232 e. The number of nitrogens with one attached hydrogen (secondary N) is 1. The molecule has 1 unspecified atom stereocenters. The van der Waals surface area contributed by atoms with Crippen molar-refractivity contribution in [3.05, 3.63) is 10.7 Å². The second-order valence-corrected chi connectivity index (χ2v) is 4.96. The van der Waals surface area contributed by atoms with E-state index in [1.54, 1.807) is 13.3 Å². The number of halogens is 1. The lowest BCUT2D eigenvalue weighted by atomic mass is 10.1. The van der Waals surface area contributed by atoms with Gasteiger partial charge in [-0.05, 0) is 35.8 Å². The minimum Gasteiger partial charge on any atom is -0.480 e. The van der Waals surface area contributed by atoms with Crippen LogP contribution in [0.2, 0.25) is 0 Å². The number of piperidine rings is 1. The molecule has 1 aliphatic heterocycles. The number of nitrogens with zero attached hydrogens (tertiary/aromatic N) is 3. The Hall–Kier alpha value is -0.880. The number of methoxy groups -OCH3 is 1. The fraction of sp³-hybridized carbons (Fsp3) is 0.636. The van der Waals surface area contributed by atoms with Crippen LogP contribution in [0.3, 0.4) is 0 Å². The molecule has 0 saturated carbocycles. The van der Waals surface area contributed by atoms with Gasteiger partial charge in [-0.1, -0.05) is 0 Å². The number of hydrogen-bond acceptors (Lipinski definition) is 5. The summed E-state index contributed by atoms with van der Waals surface area (Å²) >= 11 is 3.36. The number of anilines is 1. The molecule has 2 rings (SSSR count). The lowest BCUT2D eigenvalue weighted by molar-refractivity contribution is 0.391. The molecule has 2 heterocycles. The molecular formula is C11H17BrN4O. The molecule has 0 bridgehead atoms. The van der Waals surface area contributed by atoms with Crippen LogP contribution < -0.4 is 15.0 Å². The van der Waals surface area contributed by atoms with Crippen LogP contribution in [0.5, 0.6) is 5.88 Å². The van der Waals surface area contributed by atoms with E-state index in [1.165, 1.54) is 6.42 Å². The summed E-state index contributed by atoms with van der Waals surface area (Å²) in [5.41, 5.74) is 0. The maximum atomic E-state index is 5.19. The summed E-state index contributed by atoms with van der Waals surface area (Å²) < 4.78 is 5.97. The van der Waals surface area contributed by atoms with Crippen molar-refractivity contribution in [2.24, 2.45) is 0 Å². The predicted octanol–water partition coefficient (Wildman–Crippen LogP) is 1.44. The number of likely N-dealkylation sites (N-methyl/N-ethyl adjacent to an activating group) is 1. The Labute approximate surface area is 110 Å². The van der Waals surface area contributed by atoms with Crippen LogP contribution in [-0.2, 0) is 0 Å². The van der Waals surface area contributed by atoms with Crippen LogP contribution in [0.1, 0.15) is 12.8 Å². The normalized spacial score (nSPS) is 20.4. The SMILES string of the molecule is CNC1CCCN(c2ncc(Br)c(OC)n2)C1. The van der Waals surface area contributed by atoms with Gasteiger partial charge in [-0.15, -0.1) is 0 Å². The molecule has 1 atom stereocenters.